The molecular formula is C18H20ClN5OS. The van der Waals surface area contributed by atoms with Crippen LogP contribution in [-0.2, 0) is 0 Å². The number of anilines is 1. The monoisotopic (exact) mass is 389 g/mol. The highest BCUT2D eigenvalue weighted by molar-refractivity contribution is 7.22. The van der Waals surface area contributed by atoms with Gasteiger partial charge in [-0.05, 0) is 32.0 Å². The van der Waals surface area contributed by atoms with Crippen LogP contribution in [-0.4, -0.2) is 51.8 Å². The molecule has 1 aliphatic heterocycles. The summed E-state index contributed by atoms with van der Waals surface area (Å²) in [7, 11) is 0. The summed E-state index contributed by atoms with van der Waals surface area (Å²) in [4.78, 5) is 21.4. The molecule has 0 atom stereocenters. The lowest BCUT2D eigenvalue weighted by molar-refractivity contribution is 0.0739. The van der Waals surface area contributed by atoms with Crippen molar-refractivity contribution in [3.63, 3.8) is 0 Å². The van der Waals surface area contributed by atoms with E-state index in [1.54, 1.807) is 17.4 Å². The number of thiazole rings is 1. The fourth-order valence-corrected chi connectivity index (χ4v) is 4.36. The quantitative estimate of drug-likeness (QED) is 0.685. The number of halogens is 1. The molecule has 0 N–H and O–H groups in total. The molecule has 2 aromatic heterocycles. The van der Waals surface area contributed by atoms with E-state index in [-0.39, 0.29) is 11.9 Å². The molecule has 6 nitrogen and oxygen atoms in total. The summed E-state index contributed by atoms with van der Waals surface area (Å²) >= 11 is 7.87. The summed E-state index contributed by atoms with van der Waals surface area (Å²) < 4.78 is 2.90. The summed E-state index contributed by atoms with van der Waals surface area (Å²) in [5.74, 6) is -0.00334. The van der Waals surface area contributed by atoms with Crippen LogP contribution in [0.2, 0.25) is 5.02 Å². The van der Waals surface area contributed by atoms with Crippen LogP contribution in [0.25, 0.3) is 10.2 Å². The van der Waals surface area contributed by atoms with Gasteiger partial charge in [0.1, 0.15) is 11.2 Å². The number of nitrogens with zero attached hydrogens (tertiary/aromatic N) is 5. The highest BCUT2D eigenvalue weighted by Crippen LogP contribution is 2.33. The lowest BCUT2D eigenvalue weighted by Crippen LogP contribution is -2.48. The Morgan fingerprint density at radius 1 is 1.19 bits per heavy atom. The third-order valence-electron chi connectivity index (χ3n) is 4.55. The molecule has 8 heteroatoms. The van der Waals surface area contributed by atoms with Crippen LogP contribution in [0.15, 0.2) is 30.5 Å². The van der Waals surface area contributed by atoms with E-state index in [2.05, 4.69) is 15.0 Å². The van der Waals surface area contributed by atoms with Gasteiger partial charge in [0.25, 0.3) is 5.91 Å². The van der Waals surface area contributed by atoms with Gasteiger partial charge < -0.3 is 9.80 Å². The second-order valence-electron chi connectivity index (χ2n) is 6.64. The molecule has 0 saturated carbocycles. The maximum atomic E-state index is 12.7. The molecule has 1 fully saturated rings. The zero-order valence-corrected chi connectivity index (χ0v) is 16.3. The average molecular weight is 390 g/mol. The third kappa shape index (κ3) is 3.17. The number of amides is 1. The molecule has 136 valence electrons. The van der Waals surface area contributed by atoms with Gasteiger partial charge in [-0.1, -0.05) is 29.0 Å². The zero-order chi connectivity index (χ0) is 18.3. The number of hydrogen-bond donors (Lipinski definition) is 0. The minimum Gasteiger partial charge on any atom is -0.345 e. The van der Waals surface area contributed by atoms with Gasteiger partial charge in [0.15, 0.2) is 5.13 Å². The van der Waals surface area contributed by atoms with Crippen molar-refractivity contribution in [1.82, 2.24) is 19.7 Å². The first-order valence-corrected chi connectivity index (χ1v) is 9.87. The number of carbonyl (C=O) groups is 1. The number of carbonyl (C=O) groups excluding carboxylic acids is 1. The first-order valence-electron chi connectivity index (χ1n) is 8.67. The van der Waals surface area contributed by atoms with Crippen molar-refractivity contribution in [3.05, 3.63) is 41.2 Å². The van der Waals surface area contributed by atoms with E-state index >= 15 is 0 Å². The van der Waals surface area contributed by atoms with Crippen molar-refractivity contribution in [2.75, 3.05) is 31.1 Å². The summed E-state index contributed by atoms with van der Waals surface area (Å²) in [5, 5.41) is 6.03. The Labute approximate surface area is 161 Å². The van der Waals surface area contributed by atoms with Gasteiger partial charge in [-0.3, -0.25) is 9.48 Å². The maximum absolute atomic E-state index is 12.7. The highest BCUT2D eigenvalue weighted by atomic mass is 35.5. The van der Waals surface area contributed by atoms with Gasteiger partial charge in [0.2, 0.25) is 0 Å². The number of para-hydroxylation sites is 1. The van der Waals surface area contributed by atoms with E-state index in [0.717, 1.165) is 28.4 Å². The molecule has 0 aliphatic carbocycles. The van der Waals surface area contributed by atoms with E-state index in [0.29, 0.717) is 23.8 Å². The Balaban J connectivity index is 1.44. The highest BCUT2D eigenvalue weighted by Gasteiger charge is 2.25. The van der Waals surface area contributed by atoms with Crippen molar-refractivity contribution in [2.24, 2.45) is 0 Å². The van der Waals surface area contributed by atoms with Gasteiger partial charge in [0.05, 0.1) is 9.72 Å². The van der Waals surface area contributed by atoms with Gasteiger partial charge in [-0.25, -0.2) is 4.98 Å². The van der Waals surface area contributed by atoms with Crippen molar-refractivity contribution in [1.29, 1.82) is 0 Å². The van der Waals surface area contributed by atoms with Gasteiger partial charge in [-0.15, -0.1) is 0 Å². The normalized spacial score (nSPS) is 15.2. The lowest BCUT2D eigenvalue weighted by atomic mass is 10.3. The number of benzene rings is 1. The minimum atomic E-state index is -0.00334. The molecule has 1 amide bonds. The average Bonchev–Trinajstić information content (AvgIpc) is 3.29. The number of hydrogen-bond acceptors (Lipinski definition) is 5. The fourth-order valence-electron chi connectivity index (χ4n) is 3.04. The third-order valence-corrected chi connectivity index (χ3v) is 5.94. The van der Waals surface area contributed by atoms with E-state index in [1.807, 2.05) is 47.8 Å². The SMILES string of the molecule is CC(C)n1ccc(C(=O)N2CCN(c3nc4c(Cl)cccc4s3)CC2)n1. The first-order chi connectivity index (χ1) is 12.5. The van der Waals surface area contributed by atoms with Gasteiger partial charge in [-0.2, -0.15) is 5.10 Å². The molecule has 1 aromatic carbocycles. The predicted octanol–water partition coefficient (Wildman–Crippen LogP) is 3.69. The summed E-state index contributed by atoms with van der Waals surface area (Å²) in [5.41, 5.74) is 1.37. The van der Waals surface area contributed by atoms with E-state index < -0.39 is 0 Å². The van der Waals surface area contributed by atoms with Crippen molar-refractivity contribution in [2.45, 2.75) is 19.9 Å². The van der Waals surface area contributed by atoms with Crippen LogP contribution in [0.3, 0.4) is 0 Å². The van der Waals surface area contributed by atoms with Crippen LogP contribution in [0.1, 0.15) is 30.4 Å². The maximum Gasteiger partial charge on any atom is 0.274 e. The Morgan fingerprint density at radius 3 is 2.62 bits per heavy atom. The zero-order valence-electron chi connectivity index (χ0n) is 14.7. The molecule has 4 rings (SSSR count). The largest absolute Gasteiger partial charge is 0.345 e. The molecule has 0 bridgehead atoms. The number of rotatable bonds is 3. The molecule has 1 saturated heterocycles. The van der Waals surface area contributed by atoms with E-state index in [4.69, 9.17) is 11.6 Å². The Kier molecular flexibility index (Phi) is 4.58. The number of aromatic nitrogens is 3. The Morgan fingerprint density at radius 2 is 1.96 bits per heavy atom. The van der Waals surface area contributed by atoms with Gasteiger partial charge in [0, 0.05) is 38.4 Å². The first kappa shape index (κ1) is 17.3. The topological polar surface area (TPSA) is 54.3 Å². The van der Waals surface area contributed by atoms with Crippen LogP contribution in [0.5, 0.6) is 0 Å². The van der Waals surface area contributed by atoms with Crippen molar-refractivity contribution >= 4 is 44.2 Å². The van der Waals surface area contributed by atoms with E-state index in [1.165, 1.54) is 0 Å². The summed E-state index contributed by atoms with van der Waals surface area (Å²) in [6, 6.07) is 7.89. The number of piperazine rings is 1. The minimum absolute atomic E-state index is 0.00334. The molecule has 0 unspecified atom stereocenters. The van der Waals surface area contributed by atoms with Crippen LogP contribution < -0.4 is 4.90 Å². The number of fused-ring (bicyclic) bond motifs is 1. The molecule has 3 heterocycles. The molecular weight excluding hydrogens is 370 g/mol. The Hall–Kier alpha value is -2.12. The van der Waals surface area contributed by atoms with Gasteiger partial charge >= 0.3 is 0 Å². The second-order valence-corrected chi connectivity index (χ2v) is 8.05. The standard InChI is InChI=1S/C18H20ClN5OS/c1-12(2)24-7-6-14(21-24)17(25)22-8-10-23(11-9-22)18-20-16-13(19)4-3-5-15(16)26-18/h3-7,12H,8-11H2,1-2H3. The van der Waals surface area contributed by atoms with Crippen LogP contribution in [0.4, 0.5) is 5.13 Å². The van der Waals surface area contributed by atoms with Crippen LogP contribution in [0, 0.1) is 0 Å². The summed E-state index contributed by atoms with van der Waals surface area (Å²) in [6.07, 6.45) is 1.86. The Bertz CT molecular complexity index is 942. The molecule has 0 radical (unpaired) electrons. The fraction of sp³-hybridized carbons (Fsp3) is 0.389. The van der Waals surface area contributed by atoms with Crippen LogP contribution >= 0.6 is 22.9 Å². The molecule has 0 spiro atoms. The summed E-state index contributed by atoms with van der Waals surface area (Å²) in [6.45, 7) is 6.94. The molecule has 3 aromatic rings. The smallest absolute Gasteiger partial charge is 0.274 e. The van der Waals surface area contributed by atoms with Crippen molar-refractivity contribution < 1.29 is 4.79 Å². The lowest BCUT2D eigenvalue weighted by Gasteiger charge is -2.34. The molecule has 26 heavy (non-hydrogen) atoms. The molecule has 1 aliphatic rings. The second kappa shape index (κ2) is 6.89. The van der Waals surface area contributed by atoms with Crippen molar-refractivity contribution in [3.8, 4) is 0 Å². The predicted molar refractivity (Wildman–Crippen MR) is 105 cm³/mol. The van der Waals surface area contributed by atoms with E-state index in [9.17, 15) is 4.79 Å².